The van der Waals surface area contributed by atoms with Crippen LogP contribution >= 0.6 is 31.9 Å². The van der Waals surface area contributed by atoms with Gasteiger partial charge < -0.3 is 4.90 Å². The summed E-state index contributed by atoms with van der Waals surface area (Å²) in [5, 5.41) is 0. The summed E-state index contributed by atoms with van der Waals surface area (Å²) in [5.41, 5.74) is -0.520. The van der Waals surface area contributed by atoms with Crippen LogP contribution in [0, 0.1) is 34.9 Å². The van der Waals surface area contributed by atoms with E-state index in [0.29, 0.717) is 6.07 Å². The van der Waals surface area contributed by atoms with E-state index >= 15 is 0 Å². The van der Waals surface area contributed by atoms with E-state index in [4.69, 9.17) is 0 Å². The van der Waals surface area contributed by atoms with Crippen molar-refractivity contribution in [3.63, 3.8) is 0 Å². The molecule has 2 aromatic carbocycles. The zero-order chi connectivity index (χ0) is 22.8. The summed E-state index contributed by atoms with van der Waals surface area (Å²) in [4.78, 5) is 22.1. The summed E-state index contributed by atoms with van der Waals surface area (Å²) in [7, 11) is 0. The SMILES string of the molecule is Fc1cc(Br)cc(F)c1F.O=CN1CCCCC1.O=Cc1c(Br)cc(F)c(F)c1F. The Labute approximate surface area is 185 Å². The molecule has 1 amide bonds. The molecule has 0 atom stereocenters. The number of nitrogens with zero attached hydrogens (tertiary/aromatic N) is 1. The van der Waals surface area contributed by atoms with E-state index in [9.17, 15) is 35.9 Å². The van der Waals surface area contributed by atoms with E-state index < -0.39 is 40.5 Å². The van der Waals surface area contributed by atoms with Gasteiger partial charge in [-0.2, -0.15) is 0 Å². The maximum atomic E-state index is 12.6. The highest BCUT2D eigenvalue weighted by molar-refractivity contribution is 9.10. The molecule has 0 radical (unpaired) electrons. The molecule has 3 nitrogen and oxygen atoms in total. The van der Waals surface area contributed by atoms with Gasteiger partial charge in [-0.05, 0) is 53.4 Å². The van der Waals surface area contributed by atoms with Crippen LogP contribution < -0.4 is 0 Å². The number of benzene rings is 2. The molecule has 164 valence electrons. The monoisotopic (exact) mass is 561 g/mol. The van der Waals surface area contributed by atoms with Gasteiger partial charge in [0, 0.05) is 22.0 Å². The quantitative estimate of drug-likeness (QED) is 0.190. The summed E-state index contributed by atoms with van der Waals surface area (Å²) in [6.45, 7) is 1.95. The van der Waals surface area contributed by atoms with Crippen molar-refractivity contribution in [3.8, 4) is 0 Å². The molecule has 0 bridgehead atoms. The average molecular weight is 563 g/mol. The highest BCUT2D eigenvalue weighted by atomic mass is 79.9. The van der Waals surface area contributed by atoms with Crippen molar-refractivity contribution >= 4 is 44.6 Å². The van der Waals surface area contributed by atoms with Crippen LogP contribution in [0.4, 0.5) is 26.3 Å². The Kier molecular flexibility index (Phi) is 11.1. The van der Waals surface area contributed by atoms with Crippen molar-refractivity contribution < 1.29 is 35.9 Å². The highest BCUT2D eigenvalue weighted by Gasteiger charge is 2.16. The van der Waals surface area contributed by atoms with Gasteiger partial charge in [0.15, 0.2) is 41.2 Å². The van der Waals surface area contributed by atoms with Gasteiger partial charge in [0.1, 0.15) is 0 Å². The molecule has 0 aromatic heterocycles. The number of likely N-dealkylation sites (tertiary alicyclic amines) is 1. The smallest absolute Gasteiger partial charge is 0.209 e. The number of halogens is 8. The molecular formula is C19H15Br2F6NO2. The molecular weight excluding hydrogens is 548 g/mol. The van der Waals surface area contributed by atoms with E-state index in [2.05, 4.69) is 31.9 Å². The van der Waals surface area contributed by atoms with Crippen molar-refractivity contribution in [1.82, 2.24) is 4.90 Å². The number of piperidine rings is 1. The van der Waals surface area contributed by atoms with Crippen LogP contribution in [0.1, 0.15) is 29.6 Å². The lowest BCUT2D eigenvalue weighted by molar-refractivity contribution is -0.118. The van der Waals surface area contributed by atoms with E-state index in [-0.39, 0.29) is 15.2 Å². The van der Waals surface area contributed by atoms with E-state index in [1.54, 1.807) is 0 Å². The third kappa shape index (κ3) is 7.75. The first-order valence-electron chi connectivity index (χ1n) is 8.39. The molecule has 0 N–H and O–H groups in total. The van der Waals surface area contributed by atoms with Crippen molar-refractivity contribution in [2.75, 3.05) is 13.1 Å². The van der Waals surface area contributed by atoms with Gasteiger partial charge in [0.25, 0.3) is 0 Å². The molecule has 2 aromatic rings. The minimum atomic E-state index is -1.64. The molecule has 1 fully saturated rings. The van der Waals surface area contributed by atoms with Crippen molar-refractivity contribution in [2.24, 2.45) is 0 Å². The predicted octanol–water partition coefficient (Wildman–Crippen LogP) is 6.17. The number of rotatable bonds is 2. The molecule has 1 heterocycles. The van der Waals surface area contributed by atoms with E-state index in [1.165, 1.54) is 19.3 Å². The van der Waals surface area contributed by atoms with Gasteiger partial charge in [-0.15, -0.1) is 0 Å². The molecule has 1 aliphatic rings. The Morgan fingerprint density at radius 2 is 1.23 bits per heavy atom. The Hall–Kier alpha value is -1.88. The zero-order valence-corrected chi connectivity index (χ0v) is 18.4. The number of amides is 1. The van der Waals surface area contributed by atoms with Crippen LogP contribution in [0.3, 0.4) is 0 Å². The summed E-state index contributed by atoms with van der Waals surface area (Å²) in [5.74, 6) is -8.26. The number of hydrogen-bond acceptors (Lipinski definition) is 2. The lowest BCUT2D eigenvalue weighted by Gasteiger charge is -2.21. The number of carbonyl (C=O) groups excluding carboxylic acids is 2. The maximum absolute atomic E-state index is 12.6. The first-order chi connectivity index (χ1) is 14.1. The van der Waals surface area contributed by atoms with Gasteiger partial charge in [0.2, 0.25) is 6.41 Å². The first kappa shape index (κ1) is 26.2. The van der Waals surface area contributed by atoms with E-state index in [1.807, 2.05) is 4.90 Å². The summed E-state index contributed by atoms with van der Waals surface area (Å²) in [6, 6.07) is 2.42. The maximum Gasteiger partial charge on any atom is 0.209 e. The Balaban J connectivity index is 0.000000230. The second kappa shape index (κ2) is 12.7. The zero-order valence-electron chi connectivity index (χ0n) is 15.2. The molecule has 0 spiro atoms. The number of aldehydes is 1. The van der Waals surface area contributed by atoms with Crippen LogP contribution in [0.15, 0.2) is 27.1 Å². The number of carbonyl (C=O) groups is 2. The van der Waals surface area contributed by atoms with Crippen molar-refractivity contribution in [1.29, 1.82) is 0 Å². The third-order valence-electron chi connectivity index (χ3n) is 3.76. The van der Waals surface area contributed by atoms with Gasteiger partial charge in [-0.1, -0.05) is 15.9 Å². The normalized spacial score (nSPS) is 12.9. The van der Waals surface area contributed by atoms with Crippen molar-refractivity contribution in [3.05, 3.63) is 67.6 Å². The van der Waals surface area contributed by atoms with Gasteiger partial charge >= 0.3 is 0 Å². The molecule has 0 aliphatic carbocycles. The number of hydrogen-bond donors (Lipinski definition) is 0. The van der Waals surface area contributed by atoms with Crippen LogP contribution in [0.5, 0.6) is 0 Å². The Morgan fingerprint density at radius 1 is 0.733 bits per heavy atom. The van der Waals surface area contributed by atoms with Crippen LogP contribution in [-0.4, -0.2) is 30.7 Å². The van der Waals surface area contributed by atoms with Gasteiger partial charge in [-0.3, -0.25) is 9.59 Å². The highest BCUT2D eigenvalue weighted by Crippen LogP contribution is 2.22. The first-order valence-corrected chi connectivity index (χ1v) is 9.98. The Morgan fingerprint density at radius 3 is 1.67 bits per heavy atom. The fraction of sp³-hybridized carbons (Fsp3) is 0.263. The van der Waals surface area contributed by atoms with E-state index in [0.717, 1.165) is 31.6 Å². The van der Waals surface area contributed by atoms with Gasteiger partial charge in [0.05, 0.1) is 5.56 Å². The second-order valence-electron chi connectivity index (χ2n) is 5.89. The average Bonchev–Trinajstić information content (AvgIpc) is 2.72. The summed E-state index contributed by atoms with van der Waals surface area (Å²) in [6.07, 6.45) is 4.74. The molecule has 30 heavy (non-hydrogen) atoms. The van der Waals surface area contributed by atoms with Gasteiger partial charge in [-0.25, -0.2) is 26.3 Å². The predicted molar refractivity (Wildman–Crippen MR) is 105 cm³/mol. The third-order valence-corrected chi connectivity index (χ3v) is 4.87. The molecule has 1 aliphatic heterocycles. The molecule has 1 saturated heterocycles. The summed E-state index contributed by atoms with van der Waals surface area (Å²) < 4.78 is 74.1. The topological polar surface area (TPSA) is 37.4 Å². The van der Waals surface area contributed by atoms with Crippen molar-refractivity contribution in [2.45, 2.75) is 19.3 Å². The fourth-order valence-corrected chi connectivity index (χ4v) is 3.11. The lowest BCUT2D eigenvalue weighted by atomic mass is 10.1. The van der Waals surface area contributed by atoms with Crippen LogP contribution in [0.25, 0.3) is 0 Å². The minimum Gasteiger partial charge on any atom is -0.345 e. The summed E-state index contributed by atoms with van der Waals surface area (Å²) >= 11 is 5.51. The molecule has 11 heteroatoms. The second-order valence-corrected chi connectivity index (χ2v) is 7.66. The molecule has 0 saturated carbocycles. The fourth-order valence-electron chi connectivity index (χ4n) is 2.24. The largest absolute Gasteiger partial charge is 0.345 e. The van der Waals surface area contributed by atoms with Crippen LogP contribution in [-0.2, 0) is 4.79 Å². The van der Waals surface area contributed by atoms with Crippen LogP contribution in [0.2, 0.25) is 0 Å². The Bertz CT molecular complexity index is 869. The standard InChI is InChI=1S/C7H2BrF3O.C6H2BrF3.C6H11NO/c8-4-1-5(9)7(11)6(10)3(4)2-12;7-3-1-4(8)6(10)5(9)2-3;8-6-7-4-2-1-3-5-7/h1-2H;1-2H;6H,1-5H2. The minimum absolute atomic E-state index is 0.103. The molecule has 0 unspecified atom stereocenters. The lowest BCUT2D eigenvalue weighted by Crippen LogP contribution is -2.27. The molecule has 3 rings (SSSR count).